The lowest BCUT2D eigenvalue weighted by atomic mass is 10.2. The Morgan fingerprint density at radius 3 is 2.80 bits per heavy atom. The van der Waals surface area contributed by atoms with Crippen LogP contribution in [0.15, 0.2) is 35.7 Å². The Kier molecular flexibility index (Phi) is 5.58. The molecule has 0 aromatic heterocycles. The van der Waals surface area contributed by atoms with Gasteiger partial charge in [-0.25, -0.2) is 5.48 Å². The van der Waals surface area contributed by atoms with Gasteiger partial charge in [-0.05, 0) is 17.0 Å². The van der Waals surface area contributed by atoms with Gasteiger partial charge in [-0.15, -0.1) is 11.8 Å². The van der Waals surface area contributed by atoms with Gasteiger partial charge in [0.25, 0.3) is 0 Å². The number of carbonyl (C=O) groups excluding carboxylic acids is 1. The van der Waals surface area contributed by atoms with Gasteiger partial charge in [0.1, 0.15) is 0 Å². The minimum atomic E-state index is -0.351. The lowest BCUT2D eigenvalue weighted by molar-refractivity contribution is -0.128. The van der Waals surface area contributed by atoms with E-state index in [1.807, 2.05) is 41.8 Å². The molecule has 0 aliphatic rings. The molecule has 0 fully saturated rings. The Morgan fingerprint density at radius 1 is 1.40 bits per heavy atom. The van der Waals surface area contributed by atoms with Crippen LogP contribution >= 0.6 is 11.8 Å². The maximum atomic E-state index is 10.6. The Hall–Kier alpha value is -1.26. The molecule has 0 saturated heterocycles. The van der Waals surface area contributed by atoms with E-state index in [-0.39, 0.29) is 5.91 Å². The molecule has 0 radical (unpaired) electrons. The predicted octanol–water partition coefficient (Wildman–Crippen LogP) is 2.29. The molecule has 0 heterocycles. The fourth-order valence-corrected chi connectivity index (χ4v) is 1.66. The third-order valence-electron chi connectivity index (χ3n) is 1.73. The third kappa shape index (κ3) is 5.24. The molecule has 0 spiro atoms. The maximum Gasteiger partial charge on any atom is 0.244 e. The summed E-state index contributed by atoms with van der Waals surface area (Å²) in [7, 11) is 0. The summed E-state index contributed by atoms with van der Waals surface area (Å²) in [4.78, 5) is 10.6. The normalized spacial score (nSPS) is 10.5. The zero-order valence-corrected chi connectivity index (χ0v) is 9.04. The molecular formula is C11H13NO2S. The lowest BCUT2D eigenvalue weighted by Gasteiger charge is -1.95. The molecule has 2 N–H and O–H groups in total. The minimum Gasteiger partial charge on any atom is -0.289 e. The van der Waals surface area contributed by atoms with Gasteiger partial charge in [0.2, 0.25) is 5.91 Å². The predicted molar refractivity (Wildman–Crippen MR) is 62.5 cm³/mol. The smallest absolute Gasteiger partial charge is 0.244 e. The van der Waals surface area contributed by atoms with Gasteiger partial charge in [0.15, 0.2) is 0 Å². The van der Waals surface area contributed by atoms with Crippen molar-refractivity contribution < 1.29 is 10.0 Å². The van der Waals surface area contributed by atoms with Crippen LogP contribution in [0.4, 0.5) is 0 Å². The molecule has 0 bridgehead atoms. The zero-order valence-electron chi connectivity index (χ0n) is 8.22. The number of carbonyl (C=O) groups is 1. The number of hydrogen-bond acceptors (Lipinski definition) is 3. The van der Waals surface area contributed by atoms with Gasteiger partial charge < -0.3 is 0 Å². The second kappa shape index (κ2) is 7.09. The van der Waals surface area contributed by atoms with E-state index in [2.05, 4.69) is 0 Å². The highest BCUT2D eigenvalue weighted by atomic mass is 32.2. The van der Waals surface area contributed by atoms with Crippen LogP contribution in [0.25, 0.3) is 6.08 Å². The number of hydroxylamine groups is 1. The lowest BCUT2D eigenvalue weighted by Crippen LogP contribution is -2.18. The average molecular weight is 223 g/mol. The first-order chi connectivity index (χ1) is 7.33. The second-order valence-electron chi connectivity index (χ2n) is 2.87. The van der Waals surface area contributed by atoms with Crippen molar-refractivity contribution in [2.75, 3.05) is 5.75 Å². The average Bonchev–Trinajstić information content (AvgIpc) is 2.29. The van der Waals surface area contributed by atoms with Gasteiger partial charge in [-0.3, -0.25) is 10.0 Å². The molecule has 0 atom stereocenters. The summed E-state index contributed by atoms with van der Waals surface area (Å²) in [5, 5.41) is 10.2. The number of benzene rings is 1. The molecule has 1 aromatic rings. The third-order valence-corrected chi connectivity index (χ3v) is 2.50. The molecule has 3 nitrogen and oxygen atoms in total. The van der Waals surface area contributed by atoms with Crippen molar-refractivity contribution >= 4 is 23.7 Å². The topological polar surface area (TPSA) is 49.3 Å². The van der Waals surface area contributed by atoms with E-state index in [0.717, 1.165) is 5.56 Å². The summed E-state index contributed by atoms with van der Waals surface area (Å²) in [6.07, 6.45) is 2.31. The van der Waals surface area contributed by atoms with Crippen molar-refractivity contribution in [2.45, 2.75) is 6.42 Å². The quantitative estimate of drug-likeness (QED) is 0.457. The van der Waals surface area contributed by atoms with Crippen molar-refractivity contribution in [2.24, 2.45) is 0 Å². The van der Waals surface area contributed by atoms with E-state index in [4.69, 9.17) is 5.21 Å². The van der Waals surface area contributed by atoms with Crippen LogP contribution in [0.5, 0.6) is 0 Å². The molecule has 4 heteroatoms. The van der Waals surface area contributed by atoms with Crippen molar-refractivity contribution in [3.05, 3.63) is 41.3 Å². The summed E-state index contributed by atoms with van der Waals surface area (Å²) in [6, 6.07) is 9.94. The zero-order chi connectivity index (χ0) is 10.9. The van der Waals surface area contributed by atoms with E-state index < -0.39 is 0 Å². The summed E-state index contributed by atoms with van der Waals surface area (Å²) in [5.41, 5.74) is 2.73. The van der Waals surface area contributed by atoms with E-state index >= 15 is 0 Å². The first kappa shape index (κ1) is 11.8. The molecule has 1 amide bonds. The Morgan fingerprint density at radius 2 is 2.13 bits per heavy atom. The Bertz CT molecular complexity index is 325. The SMILES string of the molecule is O=C(CCS/C=C/c1ccccc1)NO. The number of rotatable bonds is 5. The molecule has 0 aliphatic heterocycles. The second-order valence-corrected chi connectivity index (χ2v) is 3.88. The summed E-state index contributed by atoms with van der Waals surface area (Å²) in [5.74, 6) is 0.311. The Balaban J connectivity index is 2.20. The highest BCUT2D eigenvalue weighted by Crippen LogP contribution is 2.08. The fraction of sp³-hybridized carbons (Fsp3) is 0.182. The first-order valence-corrected chi connectivity index (χ1v) is 5.64. The van der Waals surface area contributed by atoms with Gasteiger partial charge in [0.05, 0.1) is 0 Å². The standard InChI is InChI=1S/C11H13NO2S/c13-11(12-14)7-9-15-8-6-10-4-2-1-3-5-10/h1-6,8,14H,7,9H2,(H,12,13)/b8-6+. The first-order valence-electron chi connectivity index (χ1n) is 4.59. The monoisotopic (exact) mass is 223 g/mol. The molecule has 80 valence electrons. The van der Waals surface area contributed by atoms with Gasteiger partial charge in [0, 0.05) is 12.2 Å². The number of nitrogens with one attached hydrogen (secondary N) is 1. The highest BCUT2D eigenvalue weighted by molar-refractivity contribution is 8.02. The van der Waals surface area contributed by atoms with Crippen LogP contribution in [-0.4, -0.2) is 16.9 Å². The summed E-state index contributed by atoms with van der Waals surface area (Å²) in [6.45, 7) is 0. The van der Waals surface area contributed by atoms with E-state index in [9.17, 15) is 4.79 Å². The molecular weight excluding hydrogens is 210 g/mol. The van der Waals surface area contributed by atoms with Crippen LogP contribution in [-0.2, 0) is 4.79 Å². The van der Waals surface area contributed by atoms with Gasteiger partial charge in [-0.2, -0.15) is 0 Å². The molecule has 0 unspecified atom stereocenters. The van der Waals surface area contributed by atoms with Crippen LogP contribution in [0.1, 0.15) is 12.0 Å². The maximum absolute atomic E-state index is 10.6. The van der Waals surface area contributed by atoms with Crippen LogP contribution in [0, 0.1) is 0 Å². The van der Waals surface area contributed by atoms with E-state index in [1.54, 1.807) is 5.48 Å². The van der Waals surface area contributed by atoms with Crippen LogP contribution < -0.4 is 5.48 Å². The van der Waals surface area contributed by atoms with Gasteiger partial charge in [-0.1, -0.05) is 30.3 Å². The number of hydrogen-bond donors (Lipinski definition) is 2. The fourth-order valence-electron chi connectivity index (χ4n) is 0.966. The van der Waals surface area contributed by atoms with Crippen molar-refractivity contribution in [1.29, 1.82) is 0 Å². The molecule has 0 saturated carbocycles. The Labute approximate surface area is 93.1 Å². The minimum absolute atomic E-state index is 0.320. The number of amides is 1. The van der Waals surface area contributed by atoms with Crippen molar-refractivity contribution in [3.8, 4) is 0 Å². The van der Waals surface area contributed by atoms with Crippen LogP contribution in [0.3, 0.4) is 0 Å². The van der Waals surface area contributed by atoms with Crippen molar-refractivity contribution in [1.82, 2.24) is 5.48 Å². The van der Waals surface area contributed by atoms with Crippen LogP contribution in [0.2, 0.25) is 0 Å². The van der Waals surface area contributed by atoms with E-state index in [0.29, 0.717) is 12.2 Å². The largest absolute Gasteiger partial charge is 0.289 e. The van der Waals surface area contributed by atoms with E-state index in [1.165, 1.54) is 11.8 Å². The van der Waals surface area contributed by atoms with Gasteiger partial charge >= 0.3 is 0 Å². The molecule has 1 aromatic carbocycles. The number of thioether (sulfide) groups is 1. The van der Waals surface area contributed by atoms with Crippen molar-refractivity contribution in [3.63, 3.8) is 0 Å². The highest BCUT2D eigenvalue weighted by Gasteiger charge is 1.96. The summed E-state index contributed by atoms with van der Waals surface area (Å²) < 4.78 is 0. The summed E-state index contributed by atoms with van der Waals surface area (Å²) >= 11 is 1.54. The molecule has 0 aliphatic carbocycles. The molecule has 15 heavy (non-hydrogen) atoms. The molecule has 1 rings (SSSR count).